The Labute approximate surface area is 126 Å². The minimum atomic E-state index is -0.289. The highest BCUT2D eigenvalue weighted by Crippen LogP contribution is 2.39. The molecule has 1 aliphatic heterocycles. The van der Waals surface area contributed by atoms with Crippen LogP contribution in [0.4, 0.5) is 0 Å². The van der Waals surface area contributed by atoms with Gasteiger partial charge >= 0.3 is 5.69 Å². The molecule has 5 nitrogen and oxygen atoms in total. The van der Waals surface area contributed by atoms with E-state index in [9.17, 15) is 9.59 Å². The van der Waals surface area contributed by atoms with Crippen molar-refractivity contribution in [2.45, 2.75) is 23.9 Å². The standard InChI is InChI=1S/C15H17N3O2S/c16-6-8-18-14(19)5-7-17(15(18)20)9-11-10-21-13-4-2-1-3-12(11)13/h1-5,7,11H,6,8-10,16H2. The Morgan fingerprint density at radius 3 is 2.86 bits per heavy atom. The highest BCUT2D eigenvalue weighted by Gasteiger charge is 2.23. The summed E-state index contributed by atoms with van der Waals surface area (Å²) in [6.45, 7) is 1.13. The average Bonchev–Trinajstić information content (AvgIpc) is 2.90. The van der Waals surface area contributed by atoms with E-state index in [2.05, 4.69) is 12.1 Å². The molecule has 0 bridgehead atoms. The minimum absolute atomic E-state index is 0.258. The van der Waals surface area contributed by atoms with Crippen molar-refractivity contribution in [3.63, 3.8) is 0 Å². The molecule has 1 aliphatic rings. The summed E-state index contributed by atoms with van der Waals surface area (Å²) in [7, 11) is 0. The van der Waals surface area contributed by atoms with Gasteiger partial charge in [0.1, 0.15) is 0 Å². The summed E-state index contributed by atoms with van der Waals surface area (Å²) >= 11 is 1.81. The summed E-state index contributed by atoms with van der Waals surface area (Å²) in [6, 6.07) is 9.71. The van der Waals surface area contributed by atoms with Crippen LogP contribution in [0, 0.1) is 0 Å². The molecule has 6 heteroatoms. The molecular formula is C15H17N3O2S. The number of rotatable bonds is 4. The number of nitrogens with zero attached hydrogens (tertiary/aromatic N) is 2. The van der Waals surface area contributed by atoms with Crippen LogP contribution in [-0.4, -0.2) is 21.4 Å². The van der Waals surface area contributed by atoms with Gasteiger partial charge in [0.15, 0.2) is 0 Å². The van der Waals surface area contributed by atoms with Crippen LogP contribution in [0.15, 0.2) is 51.0 Å². The quantitative estimate of drug-likeness (QED) is 0.909. The van der Waals surface area contributed by atoms with Gasteiger partial charge in [0.2, 0.25) is 0 Å². The molecule has 110 valence electrons. The maximum atomic E-state index is 12.3. The lowest BCUT2D eigenvalue weighted by Gasteiger charge is -2.14. The molecule has 0 saturated carbocycles. The lowest BCUT2D eigenvalue weighted by atomic mass is 10.0. The Balaban J connectivity index is 1.92. The summed E-state index contributed by atoms with van der Waals surface area (Å²) in [5, 5.41) is 0. The maximum absolute atomic E-state index is 12.3. The van der Waals surface area contributed by atoms with Crippen LogP contribution in [0.3, 0.4) is 0 Å². The van der Waals surface area contributed by atoms with Gasteiger partial charge in [0, 0.05) is 48.5 Å². The molecule has 1 atom stereocenters. The van der Waals surface area contributed by atoms with Crippen molar-refractivity contribution < 1.29 is 0 Å². The second kappa shape index (κ2) is 5.91. The molecule has 0 spiro atoms. The Morgan fingerprint density at radius 2 is 2.05 bits per heavy atom. The summed E-state index contributed by atoms with van der Waals surface area (Å²) in [6.07, 6.45) is 1.59. The number of thioether (sulfide) groups is 1. The fourth-order valence-electron chi connectivity index (χ4n) is 2.65. The largest absolute Gasteiger partial charge is 0.331 e. The first kappa shape index (κ1) is 14.2. The zero-order chi connectivity index (χ0) is 14.8. The van der Waals surface area contributed by atoms with Crippen molar-refractivity contribution in [3.8, 4) is 0 Å². The van der Waals surface area contributed by atoms with Gasteiger partial charge in [0.05, 0.1) is 0 Å². The molecule has 0 aliphatic carbocycles. The molecule has 0 fully saturated rings. The van der Waals surface area contributed by atoms with Crippen molar-refractivity contribution in [1.29, 1.82) is 0 Å². The van der Waals surface area contributed by atoms with E-state index in [0.717, 1.165) is 5.75 Å². The third-order valence-corrected chi connectivity index (χ3v) is 4.96. The van der Waals surface area contributed by atoms with E-state index in [4.69, 9.17) is 5.73 Å². The van der Waals surface area contributed by atoms with Crippen LogP contribution in [0.5, 0.6) is 0 Å². The highest BCUT2D eigenvalue weighted by molar-refractivity contribution is 7.99. The molecule has 0 saturated heterocycles. The predicted molar refractivity (Wildman–Crippen MR) is 83.9 cm³/mol. The number of fused-ring (bicyclic) bond motifs is 1. The van der Waals surface area contributed by atoms with E-state index >= 15 is 0 Å². The smallest absolute Gasteiger partial charge is 0.329 e. The van der Waals surface area contributed by atoms with Gasteiger partial charge in [-0.05, 0) is 11.6 Å². The monoisotopic (exact) mass is 303 g/mol. The van der Waals surface area contributed by atoms with E-state index < -0.39 is 0 Å². The fraction of sp³-hybridized carbons (Fsp3) is 0.333. The zero-order valence-electron chi connectivity index (χ0n) is 11.6. The SMILES string of the molecule is NCCn1c(=O)ccn(CC2CSc3ccccc32)c1=O. The van der Waals surface area contributed by atoms with E-state index in [1.807, 2.05) is 23.9 Å². The van der Waals surface area contributed by atoms with Gasteiger partial charge in [-0.1, -0.05) is 18.2 Å². The van der Waals surface area contributed by atoms with E-state index in [1.54, 1.807) is 10.8 Å². The Hall–Kier alpha value is -1.79. The summed E-state index contributed by atoms with van der Waals surface area (Å²) in [5.74, 6) is 1.26. The maximum Gasteiger partial charge on any atom is 0.331 e. The normalized spacial score (nSPS) is 16.9. The van der Waals surface area contributed by atoms with Crippen LogP contribution >= 0.6 is 11.8 Å². The second-order valence-electron chi connectivity index (χ2n) is 5.07. The van der Waals surface area contributed by atoms with Gasteiger partial charge in [0.25, 0.3) is 5.56 Å². The number of aromatic nitrogens is 2. The molecule has 1 unspecified atom stereocenters. The first-order chi connectivity index (χ1) is 10.2. The third kappa shape index (κ3) is 2.69. The van der Waals surface area contributed by atoms with Crippen LogP contribution in [0.2, 0.25) is 0 Å². The summed E-state index contributed by atoms with van der Waals surface area (Å²) < 4.78 is 2.82. The zero-order valence-corrected chi connectivity index (χ0v) is 12.4. The fourth-order valence-corrected chi connectivity index (χ4v) is 3.89. The van der Waals surface area contributed by atoms with Crippen LogP contribution in [0.25, 0.3) is 0 Å². The molecule has 2 N–H and O–H groups in total. The molecule has 1 aromatic carbocycles. The lowest BCUT2D eigenvalue weighted by Crippen LogP contribution is -2.41. The number of nitrogens with two attached hydrogens (primary N) is 1. The summed E-state index contributed by atoms with van der Waals surface area (Å²) in [5.41, 5.74) is 6.18. The lowest BCUT2D eigenvalue weighted by molar-refractivity contribution is 0.522. The average molecular weight is 303 g/mol. The van der Waals surface area contributed by atoms with Crippen molar-refractivity contribution in [2.75, 3.05) is 12.3 Å². The molecule has 21 heavy (non-hydrogen) atoms. The van der Waals surface area contributed by atoms with E-state index in [1.165, 1.54) is 21.1 Å². The first-order valence-corrected chi connectivity index (χ1v) is 7.91. The van der Waals surface area contributed by atoms with Crippen LogP contribution in [-0.2, 0) is 13.1 Å². The summed E-state index contributed by atoms with van der Waals surface area (Å²) in [4.78, 5) is 25.3. The molecule has 1 aromatic heterocycles. The van der Waals surface area contributed by atoms with Crippen molar-refractivity contribution in [1.82, 2.24) is 9.13 Å². The molecular weight excluding hydrogens is 286 g/mol. The van der Waals surface area contributed by atoms with Gasteiger partial charge < -0.3 is 5.73 Å². The number of hydrogen-bond donors (Lipinski definition) is 1. The second-order valence-corrected chi connectivity index (χ2v) is 6.14. The Bertz CT molecular complexity index is 766. The van der Waals surface area contributed by atoms with Gasteiger partial charge in [-0.3, -0.25) is 13.9 Å². The van der Waals surface area contributed by atoms with Gasteiger partial charge in [-0.25, -0.2) is 4.79 Å². The Morgan fingerprint density at radius 1 is 1.24 bits per heavy atom. The molecule has 0 radical (unpaired) electrons. The molecule has 0 amide bonds. The number of hydrogen-bond acceptors (Lipinski definition) is 4. The molecule has 3 rings (SSSR count). The van der Waals surface area contributed by atoms with E-state index in [-0.39, 0.29) is 24.3 Å². The highest BCUT2D eigenvalue weighted by atomic mass is 32.2. The van der Waals surface area contributed by atoms with Gasteiger partial charge in [-0.2, -0.15) is 0 Å². The molecule has 2 heterocycles. The van der Waals surface area contributed by atoms with Crippen molar-refractivity contribution in [2.24, 2.45) is 5.73 Å². The van der Waals surface area contributed by atoms with Crippen LogP contribution in [0.1, 0.15) is 11.5 Å². The topological polar surface area (TPSA) is 70.0 Å². The first-order valence-electron chi connectivity index (χ1n) is 6.93. The van der Waals surface area contributed by atoms with Crippen LogP contribution < -0.4 is 17.0 Å². The number of benzene rings is 1. The van der Waals surface area contributed by atoms with Gasteiger partial charge in [-0.15, -0.1) is 11.8 Å². The van der Waals surface area contributed by atoms with Crippen molar-refractivity contribution >= 4 is 11.8 Å². The predicted octanol–water partition coefficient (Wildman–Crippen LogP) is 0.858. The Kier molecular flexibility index (Phi) is 3.98. The van der Waals surface area contributed by atoms with E-state index in [0.29, 0.717) is 12.5 Å². The molecule has 2 aromatic rings. The minimum Gasteiger partial charge on any atom is -0.329 e. The third-order valence-electron chi connectivity index (χ3n) is 3.71. The van der Waals surface area contributed by atoms with Crippen molar-refractivity contribution in [3.05, 3.63) is 62.9 Å².